The molecule has 4 nitrogen and oxygen atoms in total. The van der Waals surface area contributed by atoms with Gasteiger partial charge in [0, 0.05) is 17.1 Å². The van der Waals surface area contributed by atoms with Crippen LogP contribution < -0.4 is 0 Å². The number of hydrogen-bond acceptors (Lipinski definition) is 1. The molecule has 3 aliphatic carbocycles. The van der Waals surface area contributed by atoms with Crippen molar-refractivity contribution in [1.29, 1.82) is 0 Å². The smallest absolute Gasteiger partial charge is 0 e. The zero-order chi connectivity index (χ0) is 19.6. The van der Waals surface area contributed by atoms with Crippen molar-refractivity contribution in [2.75, 3.05) is 0 Å². The summed E-state index contributed by atoms with van der Waals surface area (Å²) < 4.78 is 28.4. The number of allylic oxidation sites excluding steroid dienone is 4. The van der Waals surface area contributed by atoms with E-state index in [1.165, 1.54) is 18.4 Å². The molecule has 2 bridgehead atoms. The van der Waals surface area contributed by atoms with E-state index in [0.29, 0.717) is 5.41 Å². The molecule has 0 spiro atoms. The van der Waals surface area contributed by atoms with Crippen molar-refractivity contribution in [2.24, 2.45) is 17.3 Å². The predicted molar refractivity (Wildman–Crippen MR) is 92.6 cm³/mol. The van der Waals surface area contributed by atoms with Crippen LogP contribution in [0, 0.1) is 37.2 Å². The fourth-order valence-electron chi connectivity index (χ4n) is 3.20. The topological polar surface area (TPSA) is 68.9 Å². The second-order valence-electron chi connectivity index (χ2n) is 7.26. The first kappa shape index (κ1) is 28.8. The normalized spacial score (nSPS) is 21.6. The molecular formula is C19H26FeO4Si. The maximum absolute atomic E-state index is 7.50. The summed E-state index contributed by atoms with van der Waals surface area (Å²) in [7, 11) is -1.51. The fraction of sp³-hybridized carbons (Fsp3) is 0.526. The molecule has 6 heteroatoms. The second kappa shape index (κ2) is 13.2. The second-order valence-corrected chi connectivity index (χ2v) is 11.7. The molecule has 25 heavy (non-hydrogen) atoms. The fourth-order valence-corrected chi connectivity index (χ4v) is 4.06. The first-order chi connectivity index (χ1) is 11.2. The Kier molecular flexibility index (Phi) is 15.2. The third kappa shape index (κ3) is 8.76. The summed E-state index contributed by atoms with van der Waals surface area (Å²) in [6.07, 6.45) is 9.29. The van der Waals surface area contributed by atoms with E-state index >= 15 is 0 Å². The van der Waals surface area contributed by atoms with Crippen molar-refractivity contribution in [3.05, 3.63) is 56.1 Å². The van der Waals surface area contributed by atoms with Gasteiger partial charge in [-0.2, -0.15) is 0 Å². The molecule has 0 aromatic heterocycles. The van der Waals surface area contributed by atoms with Gasteiger partial charge in [0.25, 0.3) is 0 Å². The Morgan fingerprint density at radius 2 is 1.68 bits per heavy atom. The van der Waals surface area contributed by atoms with Gasteiger partial charge >= 0.3 is 33.9 Å². The van der Waals surface area contributed by atoms with Gasteiger partial charge in [-0.3, -0.25) is 0 Å². The van der Waals surface area contributed by atoms with E-state index in [2.05, 4.69) is 78.2 Å². The summed E-state index contributed by atoms with van der Waals surface area (Å²) in [6, 6.07) is 0. The van der Waals surface area contributed by atoms with Gasteiger partial charge in [-0.1, -0.05) is 32.6 Å². The quantitative estimate of drug-likeness (QED) is 0.219. The maximum atomic E-state index is 7.50. The number of hydrogen-bond donors (Lipinski definition) is 0. The van der Waals surface area contributed by atoms with E-state index in [1.54, 1.807) is 0 Å². The Hall–Kier alpha value is -1.02. The van der Waals surface area contributed by atoms with E-state index < -0.39 is 8.32 Å². The minimum atomic E-state index is -1.51. The molecule has 0 amide bonds. The van der Waals surface area contributed by atoms with Crippen molar-refractivity contribution in [1.82, 2.24) is 0 Å². The molecule has 0 heterocycles. The van der Waals surface area contributed by atoms with Gasteiger partial charge in [-0.05, 0) is 61.4 Å². The summed E-state index contributed by atoms with van der Waals surface area (Å²) in [4.78, 5) is 0. The summed E-state index contributed by atoms with van der Waals surface area (Å²) in [6.45, 7) is 28.9. The van der Waals surface area contributed by atoms with Crippen LogP contribution in [0.15, 0.2) is 36.1 Å². The molecule has 0 radical (unpaired) electrons. The van der Waals surface area contributed by atoms with Gasteiger partial charge in [-0.15, -0.1) is 0 Å². The third-order valence-corrected chi connectivity index (χ3v) is 5.28. The van der Waals surface area contributed by atoms with E-state index in [1.807, 2.05) is 0 Å². The van der Waals surface area contributed by atoms with Gasteiger partial charge in [0.15, 0.2) is 0 Å². The zero-order valence-electron chi connectivity index (χ0n) is 15.5. The molecule has 3 rings (SSSR count). The van der Waals surface area contributed by atoms with Crippen LogP contribution in [-0.4, -0.2) is 8.32 Å². The Morgan fingerprint density at radius 1 is 1.20 bits per heavy atom. The molecule has 0 saturated heterocycles. The Balaban J connectivity index is -0.000000626. The summed E-state index contributed by atoms with van der Waals surface area (Å²) in [5.41, 5.74) is 1.98. The molecule has 0 aromatic carbocycles. The first-order valence-corrected chi connectivity index (χ1v) is 11.0. The van der Waals surface area contributed by atoms with Crippen molar-refractivity contribution in [3.8, 4) is 0 Å². The number of fused-ring (bicyclic) bond motifs is 1. The first-order valence-electron chi connectivity index (χ1n) is 7.57. The van der Waals surface area contributed by atoms with Gasteiger partial charge in [-0.25, -0.2) is 0 Å². The zero-order valence-corrected chi connectivity index (χ0v) is 17.6. The summed E-state index contributed by atoms with van der Waals surface area (Å²) >= 11 is 0. The number of rotatable bonds is 4. The molecule has 1 saturated carbocycles. The van der Waals surface area contributed by atoms with E-state index in [4.69, 9.17) is 18.4 Å². The van der Waals surface area contributed by atoms with Crippen LogP contribution in [0.4, 0.5) is 0 Å². The van der Waals surface area contributed by atoms with Crippen molar-refractivity contribution in [2.45, 2.75) is 46.3 Å². The van der Waals surface area contributed by atoms with Crippen LogP contribution in [0.1, 0.15) is 26.7 Å². The minimum absolute atomic E-state index is 0. The van der Waals surface area contributed by atoms with Crippen LogP contribution in [0.25, 0.3) is 0 Å². The standard InChI is InChI=1S/C16H26OSi.3CO.Fe/c1-12(17-18(4,5)6)7-8-13-9-10-14-11-15(13)16(14,2)3;3*1-2;/h7-9,14-15H,1,10-11H2,2-6H3;;;;/b8-7+;;;;/t14-,15-;;;;/m0..../s1. The average molecular weight is 402 g/mol. The van der Waals surface area contributed by atoms with Crippen LogP contribution in [0.2, 0.25) is 19.6 Å². The third-order valence-electron chi connectivity index (χ3n) is 4.41. The van der Waals surface area contributed by atoms with Gasteiger partial charge in [0.1, 0.15) is 0 Å². The minimum Gasteiger partial charge on any atom is 0 e. The van der Waals surface area contributed by atoms with Crippen LogP contribution in [0.5, 0.6) is 0 Å². The maximum Gasteiger partial charge on any atom is 0 e. The Labute approximate surface area is 163 Å². The Morgan fingerprint density at radius 3 is 2.04 bits per heavy atom. The van der Waals surface area contributed by atoms with Crippen LogP contribution in [-0.2, 0) is 35.5 Å². The molecule has 0 unspecified atom stereocenters. The average Bonchev–Trinajstić information content (AvgIpc) is 2.57. The van der Waals surface area contributed by atoms with Crippen molar-refractivity contribution < 1.29 is 35.5 Å². The van der Waals surface area contributed by atoms with E-state index in [9.17, 15) is 0 Å². The van der Waals surface area contributed by atoms with Gasteiger partial charge < -0.3 is 4.43 Å². The molecule has 1 fully saturated rings. The van der Waals surface area contributed by atoms with Crippen molar-refractivity contribution >= 4 is 8.32 Å². The molecule has 138 valence electrons. The molecule has 0 N–H and O–H groups in total. The van der Waals surface area contributed by atoms with Crippen LogP contribution >= 0.6 is 0 Å². The van der Waals surface area contributed by atoms with Gasteiger partial charge in [0.2, 0.25) is 8.32 Å². The largest absolute Gasteiger partial charge is 0 e. The van der Waals surface area contributed by atoms with Crippen LogP contribution in [0.3, 0.4) is 0 Å². The van der Waals surface area contributed by atoms with Crippen molar-refractivity contribution in [3.63, 3.8) is 0 Å². The molecule has 0 aromatic rings. The monoisotopic (exact) mass is 402 g/mol. The molecule has 3 aliphatic rings. The molecular weight excluding hydrogens is 376 g/mol. The SMILES string of the molecule is C=C(/C=C/C1=CC[C@H]2C[C@@H]1C2(C)C)O[Si](C)(C)C.[C-]#[O+].[C-]#[O+].[C-]#[O+].[Fe]. The summed E-state index contributed by atoms with van der Waals surface area (Å²) in [5.74, 6) is 2.46. The summed E-state index contributed by atoms with van der Waals surface area (Å²) in [5, 5.41) is 0. The predicted octanol–water partition coefficient (Wildman–Crippen LogP) is 4.79. The molecule has 0 aliphatic heterocycles. The molecule has 2 atom stereocenters. The van der Waals surface area contributed by atoms with E-state index in [0.717, 1.165) is 17.6 Å². The van der Waals surface area contributed by atoms with E-state index in [-0.39, 0.29) is 17.1 Å². The Bertz CT molecular complexity index is 522. The van der Waals surface area contributed by atoms with Gasteiger partial charge in [0.05, 0.1) is 5.76 Å².